The summed E-state index contributed by atoms with van der Waals surface area (Å²) in [5, 5.41) is 0. The van der Waals surface area contributed by atoms with E-state index in [-0.39, 0.29) is 5.50 Å². The van der Waals surface area contributed by atoms with E-state index in [1.54, 1.807) is 0 Å². The fourth-order valence-corrected chi connectivity index (χ4v) is 2.88. The van der Waals surface area contributed by atoms with Crippen molar-refractivity contribution in [3.05, 3.63) is 24.3 Å². The molecule has 2 atom stereocenters. The molecule has 1 aromatic rings. The lowest BCUT2D eigenvalue weighted by atomic mass is 10.3. The molecule has 1 aromatic carbocycles. The molecule has 0 aliphatic carbocycles. The van der Waals surface area contributed by atoms with E-state index in [4.69, 9.17) is 5.84 Å². The Labute approximate surface area is 79.1 Å². The van der Waals surface area contributed by atoms with Crippen LogP contribution in [-0.4, -0.2) is 16.8 Å². The SMILES string of the molecule is CN1c2ccccc2S(=O)C1NN. The molecule has 5 heteroatoms. The van der Waals surface area contributed by atoms with Gasteiger partial charge >= 0.3 is 0 Å². The fraction of sp³-hybridized carbons (Fsp3) is 0.250. The Morgan fingerprint density at radius 2 is 2.23 bits per heavy atom. The van der Waals surface area contributed by atoms with E-state index in [0.29, 0.717) is 0 Å². The van der Waals surface area contributed by atoms with Gasteiger partial charge in [0.25, 0.3) is 0 Å². The van der Waals surface area contributed by atoms with Crippen LogP contribution in [0.3, 0.4) is 0 Å². The van der Waals surface area contributed by atoms with Gasteiger partial charge in [0, 0.05) is 7.05 Å². The van der Waals surface area contributed by atoms with Crippen molar-refractivity contribution in [1.82, 2.24) is 5.43 Å². The third-order valence-corrected chi connectivity index (χ3v) is 3.80. The molecule has 0 saturated carbocycles. The van der Waals surface area contributed by atoms with Gasteiger partial charge in [-0.3, -0.25) is 10.1 Å². The van der Waals surface area contributed by atoms with Crippen molar-refractivity contribution in [3.63, 3.8) is 0 Å². The number of rotatable bonds is 1. The van der Waals surface area contributed by atoms with E-state index in [2.05, 4.69) is 5.43 Å². The maximum atomic E-state index is 11.8. The van der Waals surface area contributed by atoms with Gasteiger partial charge in [0.05, 0.1) is 21.4 Å². The summed E-state index contributed by atoms with van der Waals surface area (Å²) in [6, 6.07) is 7.60. The third kappa shape index (κ3) is 1.16. The third-order valence-electron chi connectivity index (χ3n) is 2.16. The lowest BCUT2D eigenvalue weighted by Gasteiger charge is -2.19. The maximum absolute atomic E-state index is 11.8. The highest BCUT2D eigenvalue weighted by atomic mass is 32.2. The summed E-state index contributed by atoms with van der Waals surface area (Å²) in [7, 11) is 0.793. The summed E-state index contributed by atoms with van der Waals surface area (Å²) in [6.45, 7) is 0. The number of nitrogens with zero attached hydrogens (tertiary/aromatic N) is 1. The van der Waals surface area contributed by atoms with E-state index >= 15 is 0 Å². The number of hydrazine groups is 1. The van der Waals surface area contributed by atoms with Gasteiger partial charge in [-0.15, -0.1) is 0 Å². The molecule has 70 valence electrons. The van der Waals surface area contributed by atoms with Crippen LogP contribution in [0.15, 0.2) is 29.2 Å². The highest BCUT2D eigenvalue weighted by Gasteiger charge is 2.32. The molecule has 0 amide bonds. The summed E-state index contributed by atoms with van der Waals surface area (Å²) in [6.07, 6.45) is 0. The first kappa shape index (κ1) is 8.68. The summed E-state index contributed by atoms with van der Waals surface area (Å²) in [4.78, 5) is 2.72. The molecule has 4 nitrogen and oxygen atoms in total. The normalized spacial score (nSPS) is 26.2. The van der Waals surface area contributed by atoms with E-state index < -0.39 is 10.8 Å². The standard InChI is InChI=1S/C8H11N3OS/c1-11-6-4-2-3-5-7(6)13(12)8(11)10-9/h2-5,8,10H,9H2,1H3. The van der Waals surface area contributed by atoms with Gasteiger partial charge in [0.15, 0.2) is 5.50 Å². The molecular weight excluding hydrogens is 186 g/mol. The van der Waals surface area contributed by atoms with Gasteiger partial charge in [-0.2, -0.15) is 0 Å². The number of anilines is 1. The van der Waals surface area contributed by atoms with Crippen LogP contribution in [0.25, 0.3) is 0 Å². The van der Waals surface area contributed by atoms with Crippen molar-refractivity contribution in [2.45, 2.75) is 10.4 Å². The Kier molecular flexibility index (Phi) is 2.07. The van der Waals surface area contributed by atoms with E-state index in [1.165, 1.54) is 0 Å². The van der Waals surface area contributed by atoms with Crippen molar-refractivity contribution in [2.75, 3.05) is 11.9 Å². The lowest BCUT2D eigenvalue weighted by molar-refractivity contribution is 0.631. The van der Waals surface area contributed by atoms with E-state index in [9.17, 15) is 4.21 Å². The zero-order chi connectivity index (χ0) is 9.42. The quantitative estimate of drug-likeness (QED) is 0.491. The largest absolute Gasteiger partial charge is 0.346 e. The number of benzene rings is 1. The Hall–Kier alpha value is -0.910. The van der Waals surface area contributed by atoms with Crippen LogP contribution < -0.4 is 16.2 Å². The van der Waals surface area contributed by atoms with Gasteiger partial charge in [-0.05, 0) is 12.1 Å². The molecule has 13 heavy (non-hydrogen) atoms. The molecule has 1 aliphatic heterocycles. The smallest absolute Gasteiger partial charge is 0.174 e. The highest BCUT2D eigenvalue weighted by molar-refractivity contribution is 7.86. The average molecular weight is 197 g/mol. The number of para-hydroxylation sites is 1. The van der Waals surface area contributed by atoms with Crippen LogP contribution in [0, 0.1) is 0 Å². The second-order valence-corrected chi connectivity index (χ2v) is 4.38. The van der Waals surface area contributed by atoms with Gasteiger partial charge in [0.1, 0.15) is 0 Å². The van der Waals surface area contributed by atoms with E-state index in [0.717, 1.165) is 10.6 Å². The molecule has 3 N–H and O–H groups in total. The summed E-state index contributed by atoms with van der Waals surface area (Å²) < 4.78 is 11.8. The molecule has 1 heterocycles. The molecule has 0 saturated heterocycles. The minimum atomic E-state index is -1.08. The summed E-state index contributed by atoms with van der Waals surface area (Å²) in [5.41, 5.74) is 3.20. The molecule has 1 aliphatic rings. The minimum absolute atomic E-state index is 0.308. The maximum Gasteiger partial charge on any atom is 0.174 e. The minimum Gasteiger partial charge on any atom is -0.346 e. The van der Waals surface area contributed by atoms with Crippen molar-refractivity contribution in [3.8, 4) is 0 Å². The van der Waals surface area contributed by atoms with E-state index in [1.807, 2.05) is 36.2 Å². The van der Waals surface area contributed by atoms with Crippen LogP contribution in [0.5, 0.6) is 0 Å². The van der Waals surface area contributed by atoms with Gasteiger partial charge in [0.2, 0.25) is 0 Å². The number of nitrogens with one attached hydrogen (secondary N) is 1. The highest BCUT2D eigenvalue weighted by Crippen LogP contribution is 2.32. The lowest BCUT2D eigenvalue weighted by Crippen LogP contribution is -2.46. The first-order chi connectivity index (χ1) is 6.25. The second kappa shape index (κ2) is 3.10. The molecule has 2 rings (SSSR count). The van der Waals surface area contributed by atoms with Gasteiger partial charge in [-0.25, -0.2) is 5.43 Å². The molecule has 0 spiro atoms. The molecule has 0 bridgehead atoms. The number of hydrogen-bond acceptors (Lipinski definition) is 4. The Balaban J connectivity index is 2.50. The molecule has 0 aromatic heterocycles. The Morgan fingerprint density at radius 3 is 2.85 bits per heavy atom. The van der Waals surface area contributed by atoms with Gasteiger partial charge in [-0.1, -0.05) is 12.1 Å². The van der Waals surface area contributed by atoms with Crippen LogP contribution in [-0.2, 0) is 10.8 Å². The average Bonchev–Trinajstić information content (AvgIpc) is 2.41. The van der Waals surface area contributed by atoms with Crippen molar-refractivity contribution in [2.24, 2.45) is 5.84 Å². The zero-order valence-corrected chi connectivity index (χ0v) is 8.04. The molecular formula is C8H11N3OS. The van der Waals surface area contributed by atoms with Crippen LogP contribution in [0.1, 0.15) is 0 Å². The Morgan fingerprint density at radius 1 is 1.54 bits per heavy atom. The predicted molar refractivity (Wildman–Crippen MR) is 52.4 cm³/mol. The first-order valence-electron chi connectivity index (χ1n) is 3.94. The topological polar surface area (TPSA) is 58.4 Å². The monoisotopic (exact) mass is 197 g/mol. The van der Waals surface area contributed by atoms with Crippen molar-refractivity contribution >= 4 is 16.5 Å². The fourth-order valence-electron chi connectivity index (χ4n) is 1.48. The number of nitrogens with two attached hydrogens (primary N) is 1. The number of hydrogen-bond donors (Lipinski definition) is 2. The number of fused-ring (bicyclic) bond motifs is 1. The van der Waals surface area contributed by atoms with Crippen LogP contribution in [0.2, 0.25) is 0 Å². The summed E-state index contributed by atoms with van der Waals surface area (Å²) >= 11 is 0. The van der Waals surface area contributed by atoms with Crippen molar-refractivity contribution in [1.29, 1.82) is 0 Å². The molecule has 2 unspecified atom stereocenters. The second-order valence-electron chi connectivity index (χ2n) is 2.90. The zero-order valence-electron chi connectivity index (χ0n) is 7.23. The van der Waals surface area contributed by atoms with Crippen LogP contribution >= 0.6 is 0 Å². The Bertz CT molecular complexity index is 355. The predicted octanol–water partition coefficient (Wildman–Crippen LogP) is -0.00910. The van der Waals surface area contributed by atoms with Gasteiger partial charge < -0.3 is 4.90 Å². The first-order valence-corrected chi connectivity index (χ1v) is 5.15. The summed E-state index contributed by atoms with van der Waals surface area (Å²) in [5.74, 6) is 5.31. The molecule has 0 radical (unpaired) electrons. The molecule has 0 fully saturated rings. The van der Waals surface area contributed by atoms with Crippen molar-refractivity contribution < 1.29 is 4.21 Å². The van der Waals surface area contributed by atoms with Crippen LogP contribution in [0.4, 0.5) is 5.69 Å².